The molecule has 0 saturated heterocycles. The minimum atomic E-state index is -0.554. The van der Waals surface area contributed by atoms with Crippen molar-refractivity contribution in [2.45, 2.75) is 6.54 Å². The lowest BCUT2D eigenvalue weighted by atomic mass is 10.1. The van der Waals surface area contributed by atoms with Crippen molar-refractivity contribution in [3.8, 4) is 17.0 Å². The second kappa shape index (κ2) is 9.22. The summed E-state index contributed by atoms with van der Waals surface area (Å²) in [6.45, 7) is 0.120. The van der Waals surface area contributed by atoms with Gasteiger partial charge in [0.25, 0.3) is 5.56 Å². The molecule has 0 atom stereocenters. The van der Waals surface area contributed by atoms with E-state index in [1.807, 2.05) is 0 Å². The summed E-state index contributed by atoms with van der Waals surface area (Å²) in [4.78, 5) is 26.4. The van der Waals surface area contributed by atoms with Crippen molar-refractivity contribution in [1.29, 1.82) is 0 Å². The molecule has 0 saturated carbocycles. The molecule has 0 bridgehead atoms. The van der Waals surface area contributed by atoms with Crippen LogP contribution in [0.2, 0.25) is 0 Å². The minimum Gasteiger partial charge on any atom is -0.490 e. The third-order valence-corrected chi connectivity index (χ3v) is 3.69. The number of nitrogens with two attached hydrogens (primary N) is 1. The van der Waals surface area contributed by atoms with E-state index in [2.05, 4.69) is 10.3 Å². The number of carbonyl (C=O) groups is 1. The van der Waals surface area contributed by atoms with Gasteiger partial charge in [-0.05, 0) is 30.4 Å². The molecule has 0 aliphatic rings. The Balaban J connectivity index is 2.55. The molecule has 8 nitrogen and oxygen atoms in total. The van der Waals surface area contributed by atoms with Gasteiger partial charge in [0.15, 0.2) is 4.77 Å². The molecular weight excluding hydrogens is 363 g/mol. The number of nitrogens with zero attached hydrogens (tertiary/aromatic N) is 1. The quantitative estimate of drug-likeness (QED) is 0.483. The van der Waals surface area contributed by atoms with E-state index >= 15 is 0 Å². The number of aromatic nitrogens is 2. The highest BCUT2D eigenvalue weighted by Gasteiger charge is 2.15. The molecule has 0 spiro atoms. The summed E-state index contributed by atoms with van der Waals surface area (Å²) in [5, 5.41) is 11.5. The van der Waals surface area contributed by atoms with Crippen LogP contribution in [0.3, 0.4) is 0 Å². The number of benzene rings is 1. The van der Waals surface area contributed by atoms with Crippen molar-refractivity contribution in [2.75, 3.05) is 26.3 Å². The largest absolute Gasteiger partial charge is 0.490 e. The fourth-order valence-corrected chi connectivity index (χ4v) is 2.56. The van der Waals surface area contributed by atoms with Gasteiger partial charge in [0.2, 0.25) is 5.91 Å². The Hall–Kier alpha value is -2.56. The van der Waals surface area contributed by atoms with Crippen LogP contribution in [0, 0.1) is 10.6 Å². The van der Waals surface area contributed by atoms with Crippen molar-refractivity contribution in [2.24, 2.45) is 5.73 Å². The van der Waals surface area contributed by atoms with Gasteiger partial charge in [0, 0.05) is 24.7 Å². The van der Waals surface area contributed by atoms with E-state index in [9.17, 15) is 14.0 Å². The normalized spacial score (nSPS) is 10.6. The Morgan fingerprint density at radius 2 is 2.19 bits per heavy atom. The Morgan fingerprint density at radius 1 is 1.42 bits per heavy atom. The van der Waals surface area contributed by atoms with Crippen LogP contribution in [-0.2, 0) is 11.3 Å². The Labute approximate surface area is 153 Å². The Bertz CT molecular complexity index is 897. The lowest BCUT2D eigenvalue weighted by Crippen LogP contribution is -2.33. The topological polar surface area (TPSA) is 122 Å². The zero-order valence-corrected chi connectivity index (χ0v) is 14.6. The number of nitrogens with one attached hydrogen (secondary N) is 2. The van der Waals surface area contributed by atoms with Crippen LogP contribution in [0.4, 0.5) is 4.39 Å². The number of aliphatic hydroxyl groups is 1. The van der Waals surface area contributed by atoms with E-state index in [0.29, 0.717) is 0 Å². The summed E-state index contributed by atoms with van der Waals surface area (Å²) >= 11 is 5.15. The summed E-state index contributed by atoms with van der Waals surface area (Å²) < 4.78 is 20.6. The van der Waals surface area contributed by atoms with Crippen molar-refractivity contribution >= 4 is 18.1 Å². The first kappa shape index (κ1) is 19.8. The third kappa shape index (κ3) is 4.97. The molecule has 1 aromatic heterocycles. The van der Waals surface area contributed by atoms with Gasteiger partial charge in [-0.1, -0.05) is 0 Å². The lowest BCUT2D eigenvalue weighted by molar-refractivity contribution is -0.121. The van der Waals surface area contributed by atoms with Gasteiger partial charge in [0.05, 0.1) is 12.3 Å². The van der Waals surface area contributed by atoms with Gasteiger partial charge < -0.3 is 25.5 Å². The molecule has 0 unspecified atom stereocenters. The van der Waals surface area contributed by atoms with Gasteiger partial charge in [-0.2, -0.15) is 0 Å². The van der Waals surface area contributed by atoms with Gasteiger partial charge in [-0.3, -0.25) is 14.6 Å². The van der Waals surface area contributed by atoms with Crippen LogP contribution < -0.4 is 21.3 Å². The molecule has 26 heavy (non-hydrogen) atoms. The molecule has 1 heterocycles. The maximum Gasteiger partial charge on any atom is 0.252 e. The number of H-pyrrole nitrogens is 1. The number of aliphatic hydroxyl groups excluding tert-OH is 1. The molecule has 5 N–H and O–H groups in total. The number of carbonyl (C=O) groups excluding carboxylic acids is 1. The predicted molar refractivity (Wildman–Crippen MR) is 95.9 cm³/mol. The van der Waals surface area contributed by atoms with Gasteiger partial charge >= 0.3 is 0 Å². The van der Waals surface area contributed by atoms with E-state index in [1.165, 1.54) is 28.8 Å². The molecule has 0 fully saturated rings. The minimum absolute atomic E-state index is 0.00719. The van der Waals surface area contributed by atoms with Gasteiger partial charge in [-0.15, -0.1) is 0 Å². The van der Waals surface area contributed by atoms with Crippen LogP contribution in [0.25, 0.3) is 11.3 Å². The van der Waals surface area contributed by atoms with E-state index in [4.69, 9.17) is 27.8 Å². The third-order valence-electron chi connectivity index (χ3n) is 3.37. The molecule has 1 aromatic carbocycles. The van der Waals surface area contributed by atoms with E-state index in [0.717, 1.165) is 0 Å². The number of rotatable bonds is 8. The number of ether oxygens (including phenoxy) is 1. The van der Waals surface area contributed by atoms with E-state index in [-0.39, 0.29) is 60.5 Å². The molecule has 0 aliphatic heterocycles. The predicted octanol–water partition coefficient (Wildman–Crippen LogP) is 0.158. The lowest BCUT2D eigenvalue weighted by Gasteiger charge is -2.16. The fourth-order valence-electron chi connectivity index (χ4n) is 2.30. The summed E-state index contributed by atoms with van der Waals surface area (Å²) in [5.41, 5.74) is 5.31. The molecule has 2 aromatic rings. The first-order valence-corrected chi connectivity index (χ1v) is 8.21. The standard InChI is InChI=1S/C16H19FN4O4S/c17-10-1-2-13(25-6-5-22)11(7-10)12-8-14(23)20-16(26)21(12)9-15(24)19-4-3-18/h1-2,7-8,22H,3-6,9,18H2,(H,19,24)(H,20,23,26). The van der Waals surface area contributed by atoms with E-state index < -0.39 is 11.4 Å². The average molecular weight is 382 g/mol. The zero-order chi connectivity index (χ0) is 19.1. The molecular formula is C16H19FN4O4S. The van der Waals surface area contributed by atoms with Crippen molar-refractivity contribution in [1.82, 2.24) is 14.9 Å². The number of halogens is 1. The van der Waals surface area contributed by atoms with Crippen molar-refractivity contribution < 1.29 is 19.0 Å². The average Bonchev–Trinajstić information content (AvgIpc) is 2.61. The zero-order valence-electron chi connectivity index (χ0n) is 13.8. The first-order valence-electron chi connectivity index (χ1n) is 7.80. The molecule has 10 heteroatoms. The van der Waals surface area contributed by atoms with Gasteiger partial charge in [-0.25, -0.2) is 4.39 Å². The van der Waals surface area contributed by atoms with Crippen molar-refractivity contribution in [3.63, 3.8) is 0 Å². The van der Waals surface area contributed by atoms with E-state index in [1.54, 1.807) is 0 Å². The molecule has 0 aliphatic carbocycles. The first-order chi connectivity index (χ1) is 12.5. The number of hydrogen-bond acceptors (Lipinski definition) is 6. The van der Waals surface area contributed by atoms with Crippen molar-refractivity contribution in [3.05, 3.63) is 45.2 Å². The van der Waals surface area contributed by atoms with Crippen LogP contribution in [0.5, 0.6) is 5.75 Å². The van der Waals surface area contributed by atoms with Crippen LogP contribution >= 0.6 is 12.2 Å². The Morgan fingerprint density at radius 3 is 2.88 bits per heavy atom. The molecule has 0 radical (unpaired) electrons. The SMILES string of the molecule is NCCNC(=O)Cn1c(-c2cc(F)ccc2OCCO)cc(=O)[nH]c1=S. The van der Waals surface area contributed by atoms with Crippen LogP contribution in [0.15, 0.2) is 29.1 Å². The maximum atomic E-state index is 13.8. The monoisotopic (exact) mass is 382 g/mol. The second-order valence-corrected chi connectivity index (χ2v) is 5.65. The molecule has 1 amide bonds. The van der Waals surface area contributed by atoms with Crippen LogP contribution in [-0.4, -0.2) is 46.9 Å². The fraction of sp³-hybridized carbons (Fsp3) is 0.312. The second-order valence-electron chi connectivity index (χ2n) is 5.26. The molecule has 2 rings (SSSR count). The highest BCUT2D eigenvalue weighted by atomic mass is 32.1. The number of amides is 1. The summed E-state index contributed by atoms with van der Waals surface area (Å²) in [6.07, 6.45) is 0. The number of hydrogen-bond donors (Lipinski definition) is 4. The highest BCUT2D eigenvalue weighted by Crippen LogP contribution is 2.30. The summed E-state index contributed by atoms with van der Waals surface area (Å²) in [6, 6.07) is 4.94. The van der Waals surface area contributed by atoms with Crippen LogP contribution in [0.1, 0.15) is 0 Å². The Kier molecular flexibility index (Phi) is 7.01. The molecule has 140 valence electrons. The highest BCUT2D eigenvalue weighted by molar-refractivity contribution is 7.71. The summed E-state index contributed by atoms with van der Waals surface area (Å²) in [7, 11) is 0. The van der Waals surface area contributed by atoms with Gasteiger partial charge in [0.1, 0.15) is 24.7 Å². The smallest absolute Gasteiger partial charge is 0.252 e. The summed E-state index contributed by atoms with van der Waals surface area (Å²) in [5.74, 6) is -0.674. The number of aromatic amines is 1. The maximum absolute atomic E-state index is 13.8.